The number of pyridine rings is 1. The fourth-order valence-electron chi connectivity index (χ4n) is 2.35. The second kappa shape index (κ2) is 8.14. The SMILES string of the molecule is COc1nc(NS(=O)(=O)c2c[nH]c3nc(Br)ccc23)nc(OC)c1OCCF. The highest BCUT2D eigenvalue weighted by molar-refractivity contribution is 9.10. The van der Waals surface area contributed by atoms with E-state index in [1.54, 1.807) is 12.1 Å². The van der Waals surface area contributed by atoms with Crippen LogP contribution in [-0.4, -0.2) is 55.9 Å². The van der Waals surface area contributed by atoms with Crippen LogP contribution in [0.5, 0.6) is 17.5 Å². The second-order valence-electron chi connectivity index (χ2n) is 5.22. The van der Waals surface area contributed by atoms with Gasteiger partial charge in [-0.05, 0) is 28.1 Å². The maximum absolute atomic E-state index is 12.8. The molecule has 0 aliphatic carbocycles. The Morgan fingerprint density at radius 3 is 2.46 bits per heavy atom. The zero-order chi connectivity index (χ0) is 20.3. The largest absolute Gasteiger partial charge is 0.481 e. The van der Waals surface area contributed by atoms with E-state index in [2.05, 4.69) is 40.6 Å². The van der Waals surface area contributed by atoms with Crippen LogP contribution in [0.25, 0.3) is 11.0 Å². The topological polar surface area (TPSA) is 128 Å². The van der Waals surface area contributed by atoms with Gasteiger partial charge in [0.15, 0.2) is 0 Å². The van der Waals surface area contributed by atoms with Gasteiger partial charge in [-0.2, -0.15) is 9.97 Å². The van der Waals surface area contributed by atoms with Gasteiger partial charge in [0.25, 0.3) is 21.8 Å². The molecule has 3 rings (SSSR count). The van der Waals surface area contributed by atoms with Gasteiger partial charge >= 0.3 is 0 Å². The summed E-state index contributed by atoms with van der Waals surface area (Å²) in [4.78, 5) is 14.8. The Kier molecular flexibility index (Phi) is 5.84. The monoisotopic (exact) mass is 475 g/mol. The first-order valence-corrected chi connectivity index (χ1v) is 10.0. The molecule has 0 unspecified atom stereocenters. The minimum absolute atomic E-state index is 0.0354. The summed E-state index contributed by atoms with van der Waals surface area (Å²) in [6.45, 7) is -1.01. The number of H-pyrrole nitrogens is 1. The van der Waals surface area contributed by atoms with Crippen molar-refractivity contribution in [1.29, 1.82) is 0 Å². The highest BCUT2D eigenvalue weighted by Crippen LogP contribution is 2.35. The molecule has 0 saturated carbocycles. The molecule has 0 aliphatic rings. The molecule has 3 aromatic rings. The van der Waals surface area contributed by atoms with E-state index in [1.807, 2.05) is 0 Å². The average molecular weight is 476 g/mol. The van der Waals surface area contributed by atoms with Crippen molar-refractivity contribution in [3.63, 3.8) is 0 Å². The lowest BCUT2D eigenvalue weighted by Crippen LogP contribution is -2.16. The van der Waals surface area contributed by atoms with E-state index in [1.165, 1.54) is 20.4 Å². The second-order valence-corrected chi connectivity index (χ2v) is 7.68. The molecule has 150 valence electrons. The Labute approximate surface area is 167 Å². The van der Waals surface area contributed by atoms with E-state index < -0.39 is 16.7 Å². The number of nitrogens with zero attached hydrogens (tertiary/aromatic N) is 3. The number of hydrogen-bond donors (Lipinski definition) is 2. The number of anilines is 1. The van der Waals surface area contributed by atoms with Crippen molar-refractivity contribution in [2.24, 2.45) is 0 Å². The van der Waals surface area contributed by atoms with Crippen molar-refractivity contribution in [2.45, 2.75) is 4.90 Å². The standard InChI is InChI=1S/C15H15BrFN5O5S/c1-25-13-11(27-6-5-17)14(26-2)21-15(20-13)22-28(23,24)9-7-18-12-8(9)3-4-10(16)19-12/h3-4,7H,5-6H2,1-2H3,(H,18,19)(H,20,21,22). The van der Waals surface area contributed by atoms with E-state index in [0.717, 1.165) is 0 Å². The number of sulfonamides is 1. The molecule has 0 bridgehead atoms. The number of rotatable bonds is 8. The fourth-order valence-corrected chi connectivity index (χ4v) is 3.77. The number of fused-ring (bicyclic) bond motifs is 1. The Hall–Kier alpha value is -2.67. The van der Waals surface area contributed by atoms with Gasteiger partial charge in [0.1, 0.15) is 28.4 Å². The van der Waals surface area contributed by atoms with Gasteiger partial charge < -0.3 is 19.2 Å². The lowest BCUT2D eigenvalue weighted by atomic mass is 10.3. The first-order chi connectivity index (χ1) is 13.4. The number of aromatic amines is 1. The summed E-state index contributed by atoms with van der Waals surface area (Å²) >= 11 is 3.22. The van der Waals surface area contributed by atoms with Crippen molar-refractivity contribution in [1.82, 2.24) is 19.9 Å². The number of methoxy groups -OCH3 is 2. The molecule has 0 fully saturated rings. The molecule has 0 aromatic carbocycles. The Balaban J connectivity index is 1.99. The van der Waals surface area contributed by atoms with E-state index in [9.17, 15) is 12.8 Å². The summed E-state index contributed by atoms with van der Waals surface area (Å²) in [5.74, 6) is -0.558. The number of ether oxygens (including phenoxy) is 3. The molecule has 0 amide bonds. The number of alkyl halides is 1. The third-order valence-corrected chi connectivity index (χ3v) is 5.31. The van der Waals surface area contributed by atoms with Crippen LogP contribution in [0.15, 0.2) is 27.8 Å². The highest BCUT2D eigenvalue weighted by Gasteiger charge is 2.24. The van der Waals surface area contributed by atoms with E-state index >= 15 is 0 Å². The fraction of sp³-hybridized carbons (Fsp3) is 0.267. The molecule has 0 saturated heterocycles. The van der Waals surface area contributed by atoms with E-state index in [0.29, 0.717) is 15.6 Å². The lowest BCUT2D eigenvalue weighted by Gasteiger charge is -2.14. The zero-order valence-corrected chi connectivity index (χ0v) is 17.1. The molecule has 0 aliphatic heterocycles. The number of halogens is 2. The number of nitrogens with one attached hydrogen (secondary N) is 2. The quantitative estimate of drug-likeness (QED) is 0.474. The summed E-state index contributed by atoms with van der Waals surface area (Å²) in [6, 6.07) is 3.22. The minimum Gasteiger partial charge on any atom is -0.481 e. The summed E-state index contributed by atoms with van der Waals surface area (Å²) in [5.41, 5.74) is 0.390. The Bertz CT molecular complexity index is 1080. The summed E-state index contributed by atoms with van der Waals surface area (Å²) in [5, 5.41) is 0.387. The van der Waals surface area contributed by atoms with Crippen molar-refractivity contribution >= 4 is 42.9 Å². The van der Waals surface area contributed by atoms with Gasteiger partial charge in [-0.15, -0.1) is 0 Å². The summed E-state index contributed by atoms with van der Waals surface area (Å²) in [7, 11) is -1.47. The predicted octanol–water partition coefficient (Wildman–Crippen LogP) is 2.28. The molecule has 2 N–H and O–H groups in total. The molecule has 3 heterocycles. The van der Waals surface area contributed by atoms with Gasteiger partial charge in [-0.25, -0.2) is 22.5 Å². The summed E-state index contributed by atoms with van der Waals surface area (Å²) in [6.07, 6.45) is 1.31. The Morgan fingerprint density at radius 1 is 1.18 bits per heavy atom. The van der Waals surface area contributed by atoms with Crippen LogP contribution < -0.4 is 18.9 Å². The molecule has 10 nitrogen and oxygen atoms in total. The van der Waals surface area contributed by atoms with Crippen LogP contribution in [0.2, 0.25) is 0 Å². The number of hydrogen-bond acceptors (Lipinski definition) is 8. The maximum atomic E-state index is 12.8. The smallest absolute Gasteiger partial charge is 0.266 e. The van der Waals surface area contributed by atoms with Crippen LogP contribution in [0.3, 0.4) is 0 Å². The minimum atomic E-state index is -4.06. The van der Waals surface area contributed by atoms with Gasteiger partial charge in [0.05, 0.1) is 14.2 Å². The van der Waals surface area contributed by atoms with Crippen LogP contribution in [0, 0.1) is 0 Å². The van der Waals surface area contributed by atoms with Crippen LogP contribution >= 0.6 is 15.9 Å². The molecule has 0 radical (unpaired) electrons. The average Bonchev–Trinajstić information content (AvgIpc) is 3.09. The van der Waals surface area contributed by atoms with Gasteiger partial charge in [-0.3, -0.25) is 0 Å². The zero-order valence-electron chi connectivity index (χ0n) is 14.7. The third kappa shape index (κ3) is 3.94. The van der Waals surface area contributed by atoms with Gasteiger partial charge in [-0.1, -0.05) is 0 Å². The molecule has 28 heavy (non-hydrogen) atoms. The van der Waals surface area contributed by atoms with Gasteiger partial charge in [0, 0.05) is 11.6 Å². The van der Waals surface area contributed by atoms with Crippen LogP contribution in [0.1, 0.15) is 0 Å². The maximum Gasteiger partial charge on any atom is 0.266 e. The van der Waals surface area contributed by atoms with Crippen LogP contribution in [-0.2, 0) is 10.0 Å². The predicted molar refractivity (Wildman–Crippen MR) is 101 cm³/mol. The lowest BCUT2D eigenvalue weighted by molar-refractivity contribution is 0.240. The van der Waals surface area contributed by atoms with E-state index in [-0.39, 0.29) is 35.0 Å². The van der Waals surface area contributed by atoms with Crippen molar-refractivity contribution in [2.75, 3.05) is 32.2 Å². The highest BCUT2D eigenvalue weighted by atomic mass is 79.9. The molecule has 3 aromatic heterocycles. The molecule has 0 spiro atoms. The molecular formula is C15H15BrFN5O5S. The first kappa shape index (κ1) is 20.1. The summed E-state index contributed by atoms with van der Waals surface area (Å²) < 4.78 is 56.2. The molecular weight excluding hydrogens is 461 g/mol. The third-order valence-electron chi connectivity index (χ3n) is 3.50. The first-order valence-electron chi connectivity index (χ1n) is 7.75. The van der Waals surface area contributed by atoms with Crippen molar-refractivity contribution in [3.8, 4) is 17.5 Å². The van der Waals surface area contributed by atoms with E-state index in [4.69, 9.17) is 14.2 Å². The molecule has 0 atom stereocenters. The van der Waals surface area contributed by atoms with Gasteiger partial charge in [0.2, 0.25) is 11.7 Å². The normalized spacial score (nSPS) is 11.4. The Morgan fingerprint density at radius 2 is 1.86 bits per heavy atom. The van der Waals surface area contributed by atoms with Crippen molar-refractivity contribution < 1.29 is 27.0 Å². The molecule has 13 heteroatoms. The number of aromatic nitrogens is 4. The van der Waals surface area contributed by atoms with Crippen LogP contribution in [0.4, 0.5) is 10.3 Å². The van der Waals surface area contributed by atoms with Crippen molar-refractivity contribution in [3.05, 3.63) is 22.9 Å².